The van der Waals surface area contributed by atoms with Crippen LogP contribution >= 0.6 is 0 Å². The maximum Gasteiger partial charge on any atom is 0.408 e. The molecule has 0 unspecified atom stereocenters. The van der Waals surface area contributed by atoms with E-state index in [1.165, 1.54) is 19.6 Å². The van der Waals surface area contributed by atoms with Crippen LogP contribution in [0.25, 0.3) is 0 Å². The summed E-state index contributed by atoms with van der Waals surface area (Å²) < 4.78 is 9.86. The molecule has 0 bridgehead atoms. The molecule has 0 aliphatic rings. The average molecular weight is 324 g/mol. The van der Waals surface area contributed by atoms with Crippen molar-refractivity contribution in [3.63, 3.8) is 0 Å². The van der Waals surface area contributed by atoms with Gasteiger partial charge in [-0.1, -0.05) is 0 Å². The molecule has 0 aromatic carbocycles. The van der Waals surface area contributed by atoms with Gasteiger partial charge in [0, 0.05) is 0 Å². The van der Waals surface area contributed by atoms with Crippen molar-refractivity contribution in [1.29, 1.82) is 0 Å². The molecule has 8 nitrogen and oxygen atoms in total. The molecule has 1 rings (SSSR count). The van der Waals surface area contributed by atoms with Crippen molar-refractivity contribution in [3.05, 3.63) is 18.2 Å². The lowest BCUT2D eigenvalue weighted by Gasteiger charge is -2.22. The molecule has 1 heterocycles. The lowest BCUT2D eigenvalue weighted by molar-refractivity contribution is -0.143. The molecule has 1 atom stereocenters. The highest BCUT2D eigenvalue weighted by atomic mass is 16.6. The molecule has 1 aromatic rings. The first-order chi connectivity index (χ1) is 10.7. The lowest BCUT2D eigenvalue weighted by Crippen LogP contribution is -2.44. The highest BCUT2D eigenvalue weighted by Gasteiger charge is 2.24. The van der Waals surface area contributed by atoms with E-state index in [0.29, 0.717) is 30.6 Å². The predicted molar refractivity (Wildman–Crippen MR) is 84.6 cm³/mol. The molecule has 0 aliphatic heterocycles. The summed E-state index contributed by atoms with van der Waals surface area (Å²) in [7, 11) is 1.27. The Hall–Kier alpha value is -2.38. The molecule has 23 heavy (non-hydrogen) atoms. The molecule has 0 aliphatic carbocycles. The fraction of sp³-hybridized carbons (Fsp3) is 0.600. The number of carbonyl (C=O) groups excluding carboxylic acids is 2. The van der Waals surface area contributed by atoms with Crippen LogP contribution in [0.3, 0.4) is 0 Å². The summed E-state index contributed by atoms with van der Waals surface area (Å²) in [6.07, 6.45) is 3.83. The van der Waals surface area contributed by atoms with E-state index in [-0.39, 0.29) is 0 Å². The molecule has 128 valence electrons. The number of ether oxygens (including phenoxy) is 2. The Morgan fingerprint density at radius 1 is 1.39 bits per heavy atom. The number of hydrogen-bond donors (Lipinski definition) is 2. The second-order valence-electron chi connectivity index (χ2n) is 6.04. The minimum Gasteiger partial charge on any atom is -0.467 e. The van der Waals surface area contributed by atoms with E-state index in [4.69, 9.17) is 15.2 Å². The third kappa shape index (κ3) is 6.94. The smallest absolute Gasteiger partial charge is 0.408 e. The first-order valence-corrected chi connectivity index (χ1v) is 7.34. The van der Waals surface area contributed by atoms with E-state index < -0.39 is 23.7 Å². The molecule has 0 saturated heterocycles. The van der Waals surface area contributed by atoms with Crippen LogP contribution in [0, 0.1) is 0 Å². The maximum atomic E-state index is 11.8. The van der Waals surface area contributed by atoms with E-state index in [2.05, 4.69) is 15.3 Å². The number of amides is 1. The zero-order valence-corrected chi connectivity index (χ0v) is 14.0. The number of esters is 1. The van der Waals surface area contributed by atoms with Crippen molar-refractivity contribution in [2.75, 3.05) is 12.8 Å². The van der Waals surface area contributed by atoms with Crippen LogP contribution in [0.4, 0.5) is 10.5 Å². The first-order valence-electron chi connectivity index (χ1n) is 7.34. The monoisotopic (exact) mass is 324 g/mol. The second kappa shape index (κ2) is 8.30. The number of methoxy groups -OCH3 is 1. The first kappa shape index (κ1) is 18.7. The van der Waals surface area contributed by atoms with Crippen molar-refractivity contribution in [1.82, 2.24) is 15.3 Å². The van der Waals surface area contributed by atoms with Gasteiger partial charge in [-0.25, -0.2) is 19.6 Å². The highest BCUT2D eigenvalue weighted by Crippen LogP contribution is 2.12. The standard InChI is InChI=1S/C15H24N4O4/c1-15(2,3)23-14(21)19-12(13(20)22-4)7-5-6-11-10(16)8-17-9-18-11/h8-9,12H,5-7,16H2,1-4H3,(H,19,21)/t12-/m0/s1. The normalized spacial score (nSPS) is 12.3. The molecule has 8 heteroatoms. The largest absolute Gasteiger partial charge is 0.467 e. The van der Waals surface area contributed by atoms with Crippen molar-refractivity contribution in [2.24, 2.45) is 0 Å². The topological polar surface area (TPSA) is 116 Å². The molecule has 0 spiro atoms. The van der Waals surface area contributed by atoms with Gasteiger partial charge in [-0.3, -0.25) is 0 Å². The van der Waals surface area contributed by atoms with Crippen LogP contribution in [-0.2, 0) is 20.7 Å². The third-order valence-corrected chi connectivity index (χ3v) is 2.91. The van der Waals surface area contributed by atoms with E-state index in [0.717, 1.165) is 0 Å². The van der Waals surface area contributed by atoms with Gasteiger partial charge in [0.1, 0.15) is 18.0 Å². The quantitative estimate of drug-likeness (QED) is 0.760. The highest BCUT2D eigenvalue weighted by molar-refractivity contribution is 5.81. The van der Waals surface area contributed by atoms with Gasteiger partial charge in [-0.05, 0) is 40.0 Å². The molecule has 3 N–H and O–H groups in total. The van der Waals surface area contributed by atoms with Gasteiger partial charge in [0.15, 0.2) is 0 Å². The molecule has 0 saturated carbocycles. The van der Waals surface area contributed by atoms with Crippen molar-refractivity contribution in [3.8, 4) is 0 Å². The zero-order chi connectivity index (χ0) is 17.5. The summed E-state index contributed by atoms with van der Waals surface area (Å²) in [5.41, 5.74) is 6.34. The summed E-state index contributed by atoms with van der Waals surface area (Å²) in [5, 5.41) is 2.53. The molecular weight excluding hydrogens is 300 g/mol. The van der Waals surface area contributed by atoms with Crippen LogP contribution in [-0.4, -0.2) is 40.8 Å². The number of hydrogen-bond acceptors (Lipinski definition) is 7. The number of nitrogens with one attached hydrogen (secondary N) is 1. The fourth-order valence-corrected chi connectivity index (χ4v) is 1.89. The van der Waals surface area contributed by atoms with E-state index in [9.17, 15) is 9.59 Å². The second-order valence-corrected chi connectivity index (χ2v) is 6.04. The third-order valence-electron chi connectivity index (χ3n) is 2.91. The maximum absolute atomic E-state index is 11.8. The fourth-order valence-electron chi connectivity index (χ4n) is 1.89. The summed E-state index contributed by atoms with van der Waals surface area (Å²) >= 11 is 0. The van der Waals surface area contributed by atoms with Crippen LogP contribution in [0.1, 0.15) is 39.3 Å². The summed E-state index contributed by atoms with van der Waals surface area (Å²) in [5.74, 6) is -0.522. The van der Waals surface area contributed by atoms with Crippen LogP contribution < -0.4 is 11.1 Å². The van der Waals surface area contributed by atoms with Crippen LogP contribution in [0.2, 0.25) is 0 Å². The number of alkyl carbamates (subject to hydrolysis) is 1. The van der Waals surface area contributed by atoms with Gasteiger partial charge in [0.25, 0.3) is 0 Å². The number of nitrogens with zero attached hydrogens (tertiary/aromatic N) is 2. The van der Waals surface area contributed by atoms with Gasteiger partial charge < -0.3 is 20.5 Å². The van der Waals surface area contributed by atoms with Gasteiger partial charge in [0.05, 0.1) is 24.7 Å². The van der Waals surface area contributed by atoms with Crippen molar-refractivity contribution in [2.45, 2.75) is 51.7 Å². The number of carbonyl (C=O) groups is 2. The van der Waals surface area contributed by atoms with Crippen LogP contribution in [0.15, 0.2) is 12.5 Å². The van der Waals surface area contributed by atoms with Gasteiger partial charge in [0.2, 0.25) is 0 Å². The molecule has 0 fully saturated rings. The number of nitrogens with two attached hydrogens (primary N) is 1. The molecule has 0 radical (unpaired) electrons. The van der Waals surface area contributed by atoms with Gasteiger partial charge >= 0.3 is 12.1 Å². The Bertz CT molecular complexity index is 543. The molecular formula is C15H24N4O4. The summed E-state index contributed by atoms with van der Waals surface area (Å²) in [6, 6.07) is -0.780. The Morgan fingerprint density at radius 3 is 2.65 bits per heavy atom. The summed E-state index contributed by atoms with van der Waals surface area (Å²) in [4.78, 5) is 31.5. The minimum atomic E-state index is -0.780. The SMILES string of the molecule is COC(=O)[C@H](CCCc1ncncc1N)NC(=O)OC(C)(C)C. The Labute approximate surface area is 135 Å². The number of aryl methyl sites for hydroxylation is 1. The lowest BCUT2D eigenvalue weighted by atomic mass is 10.1. The average Bonchev–Trinajstić information content (AvgIpc) is 2.45. The number of aromatic nitrogens is 2. The van der Waals surface area contributed by atoms with Crippen LogP contribution in [0.5, 0.6) is 0 Å². The zero-order valence-electron chi connectivity index (χ0n) is 14.0. The number of anilines is 1. The Kier molecular flexibility index (Phi) is 6.74. The Morgan fingerprint density at radius 2 is 2.09 bits per heavy atom. The van der Waals surface area contributed by atoms with E-state index in [1.807, 2.05) is 0 Å². The molecule has 1 amide bonds. The molecule has 1 aromatic heterocycles. The minimum absolute atomic E-state index is 0.384. The number of nitrogen functional groups attached to an aromatic ring is 1. The van der Waals surface area contributed by atoms with Gasteiger partial charge in [-0.2, -0.15) is 0 Å². The van der Waals surface area contributed by atoms with E-state index in [1.54, 1.807) is 20.8 Å². The van der Waals surface area contributed by atoms with Crippen molar-refractivity contribution >= 4 is 17.7 Å². The summed E-state index contributed by atoms with van der Waals surface area (Å²) in [6.45, 7) is 5.24. The predicted octanol–water partition coefficient (Wildman–Crippen LogP) is 1.45. The number of rotatable bonds is 6. The van der Waals surface area contributed by atoms with Crippen molar-refractivity contribution < 1.29 is 19.1 Å². The van der Waals surface area contributed by atoms with Gasteiger partial charge in [-0.15, -0.1) is 0 Å². The Balaban J connectivity index is 2.57. The van der Waals surface area contributed by atoms with E-state index >= 15 is 0 Å².